The Morgan fingerprint density at radius 3 is 2.74 bits per heavy atom. The maximum atomic E-state index is 10.9. The summed E-state index contributed by atoms with van der Waals surface area (Å²) in [4.78, 5) is 0. The molecule has 0 spiro atoms. The molecule has 1 unspecified atom stereocenters. The summed E-state index contributed by atoms with van der Waals surface area (Å²) in [7, 11) is 0. The van der Waals surface area contributed by atoms with Crippen LogP contribution in [0.2, 0.25) is 0 Å². The summed E-state index contributed by atoms with van der Waals surface area (Å²) in [5, 5.41) is 10.9. The number of allylic oxidation sites excluding steroid dienone is 3. The van der Waals surface area contributed by atoms with Gasteiger partial charge in [0.15, 0.2) is 0 Å². The second-order valence-corrected chi connectivity index (χ2v) is 4.89. The molecule has 1 aliphatic rings. The minimum Gasteiger partial charge on any atom is -0.384 e. The molecule has 1 nitrogen and oxygen atoms in total. The molecule has 0 saturated carbocycles. The molecule has 0 saturated heterocycles. The topological polar surface area (TPSA) is 20.2 Å². The van der Waals surface area contributed by atoms with E-state index < -0.39 is 5.60 Å². The molecule has 19 heavy (non-hydrogen) atoms. The van der Waals surface area contributed by atoms with Crippen LogP contribution in [-0.4, -0.2) is 10.7 Å². The molecule has 0 radical (unpaired) electrons. The Balaban J connectivity index is 2.49. The van der Waals surface area contributed by atoms with Crippen molar-refractivity contribution in [1.29, 1.82) is 0 Å². The molecule has 0 amide bonds. The summed E-state index contributed by atoms with van der Waals surface area (Å²) in [5.41, 5.74) is 2.44. The van der Waals surface area contributed by atoms with Gasteiger partial charge in [0.1, 0.15) is 0 Å². The van der Waals surface area contributed by atoms with Crippen LogP contribution in [0.5, 0.6) is 0 Å². The van der Waals surface area contributed by atoms with Crippen molar-refractivity contribution in [3.8, 4) is 0 Å². The van der Waals surface area contributed by atoms with Gasteiger partial charge in [-0.15, -0.1) is 13.2 Å². The third-order valence-corrected chi connectivity index (χ3v) is 3.51. The van der Waals surface area contributed by atoms with Gasteiger partial charge in [0, 0.05) is 0 Å². The molecule has 2 rings (SSSR count). The van der Waals surface area contributed by atoms with Crippen LogP contribution in [0.1, 0.15) is 24.0 Å². The lowest BCUT2D eigenvalue weighted by Gasteiger charge is -2.32. The fourth-order valence-corrected chi connectivity index (χ4v) is 2.58. The smallest absolute Gasteiger partial charge is 0.0970 e. The highest BCUT2D eigenvalue weighted by Gasteiger charge is 2.32. The van der Waals surface area contributed by atoms with Crippen LogP contribution >= 0.6 is 0 Å². The van der Waals surface area contributed by atoms with Gasteiger partial charge in [0.25, 0.3) is 0 Å². The maximum absolute atomic E-state index is 10.9. The van der Waals surface area contributed by atoms with Crippen molar-refractivity contribution in [3.05, 3.63) is 78.9 Å². The van der Waals surface area contributed by atoms with Crippen molar-refractivity contribution in [3.63, 3.8) is 0 Å². The van der Waals surface area contributed by atoms with Gasteiger partial charge >= 0.3 is 0 Å². The first-order valence-electron chi connectivity index (χ1n) is 6.61. The molecule has 0 fully saturated rings. The van der Waals surface area contributed by atoms with Crippen molar-refractivity contribution >= 4 is 5.57 Å². The number of hydrogen-bond acceptors (Lipinski definition) is 1. The minimum absolute atomic E-state index is 0.561. The zero-order chi connectivity index (χ0) is 13.7. The Morgan fingerprint density at radius 2 is 2.00 bits per heavy atom. The Labute approximate surface area is 115 Å². The maximum Gasteiger partial charge on any atom is 0.0970 e. The van der Waals surface area contributed by atoms with Crippen LogP contribution < -0.4 is 0 Å². The third-order valence-electron chi connectivity index (χ3n) is 3.51. The van der Waals surface area contributed by atoms with Crippen molar-refractivity contribution in [2.75, 3.05) is 0 Å². The Kier molecular flexibility index (Phi) is 4.18. The van der Waals surface area contributed by atoms with Crippen LogP contribution in [0.25, 0.3) is 5.57 Å². The third kappa shape index (κ3) is 2.77. The first-order valence-corrected chi connectivity index (χ1v) is 6.61. The highest BCUT2D eigenvalue weighted by molar-refractivity contribution is 5.77. The van der Waals surface area contributed by atoms with Gasteiger partial charge in [0.2, 0.25) is 0 Å². The summed E-state index contributed by atoms with van der Waals surface area (Å²) >= 11 is 0. The van der Waals surface area contributed by atoms with Gasteiger partial charge in [-0.1, -0.05) is 54.6 Å². The summed E-state index contributed by atoms with van der Waals surface area (Å²) in [6, 6.07) is 8.19. The molecular formula is C18H20O. The van der Waals surface area contributed by atoms with Crippen molar-refractivity contribution in [1.82, 2.24) is 0 Å². The van der Waals surface area contributed by atoms with Crippen LogP contribution in [0.3, 0.4) is 0 Å². The summed E-state index contributed by atoms with van der Waals surface area (Å²) < 4.78 is 0. The van der Waals surface area contributed by atoms with Crippen molar-refractivity contribution in [2.45, 2.75) is 24.9 Å². The molecule has 1 aromatic rings. The van der Waals surface area contributed by atoms with Gasteiger partial charge < -0.3 is 5.11 Å². The quantitative estimate of drug-likeness (QED) is 0.783. The average molecular weight is 252 g/mol. The van der Waals surface area contributed by atoms with Crippen molar-refractivity contribution in [2.24, 2.45) is 0 Å². The van der Waals surface area contributed by atoms with E-state index in [1.165, 1.54) is 5.56 Å². The summed E-state index contributed by atoms with van der Waals surface area (Å²) in [6.07, 6.45) is 11.7. The van der Waals surface area contributed by atoms with E-state index in [1.807, 2.05) is 36.4 Å². The molecule has 1 atom stereocenters. The van der Waals surface area contributed by atoms with E-state index in [1.54, 1.807) is 6.08 Å². The highest BCUT2D eigenvalue weighted by atomic mass is 16.3. The predicted molar refractivity (Wildman–Crippen MR) is 81.8 cm³/mol. The van der Waals surface area contributed by atoms with E-state index in [9.17, 15) is 5.11 Å². The number of rotatable bonds is 5. The molecular weight excluding hydrogens is 232 g/mol. The van der Waals surface area contributed by atoms with Gasteiger partial charge in [0.05, 0.1) is 5.60 Å². The van der Waals surface area contributed by atoms with Crippen LogP contribution in [0.15, 0.2) is 67.8 Å². The second kappa shape index (κ2) is 5.85. The minimum atomic E-state index is -0.840. The molecule has 98 valence electrons. The van der Waals surface area contributed by atoms with Gasteiger partial charge in [-0.25, -0.2) is 0 Å². The average Bonchev–Trinajstić information content (AvgIpc) is 2.41. The van der Waals surface area contributed by atoms with E-state index in [-0.39, 0.29) is 0 Å². The SMILES string of the molecule is C=CCc1ccccc1C1=CC=CCC1(O)CC=C. The molecule has 0 heterocycles. The number of hydrogen-bond donors (Lipinski definition) is 1. The highest BCUT2D eigenvalue weighted by Crippen LogP contribution is 2.37. The Bertz CT molecular complexity index is 532. The van der Waals surface area contributed by atoms with E-state index in [0.29, 0.717) is 12.8 Å². The van der Waals surface area contributed by atoms with Crippen LogP contribution in [0, 0.1) is 0 Å². The molecule has 1 aromatic carbocycles. The standard InChI is InChI=1S/C18H20O/c1-3-9-15-10-5-6-11-16(15)17-12-7-8-14-18(17,19)13-4-2/h3-8,10-12,19H,1-2,9,13-14H2. The zero-order valence-corrected chi connectivity index (χ0v) is 11.2. The van der Waals surface area contributed by atoms with Gasteiger partial charge in [-0.05, 0) is 36.0 Å². The number of benzene rings is 1. The Hall–Kier alpha value is -1.86. The Morgan fingerprint density at radius 1 is 1.21 bits per heavy atom. The van der Waals surface area contributed by atoms with Gasteiger partial charge in [-0.2, -0.15) is 0 Å². The largest absolute Gasteiger partial charge is 0.384 e. The number of aliphatic hydroxyl groups is 1. The van der Waals surface area contributed by atoms with Crippen molar-refractivity contribution < 1.29 is 5.11 Å². The summed E-state index contributed by atoms with van der Waals surface area (Å²) in [6.45, 7) is 7.56. The molecule has 1 heteroatoms. The van der Waals surface area contributed by atoms with Crippen LogP contribution in [0.4, 0.5) is 0 Å². The first kappa shape index (κ1) is 13.6. The fraction of sp³-hybridized carbons (Fsp3) is 0.222. The first-order chi connectivity index (χ1) is 9.21. The monoisotopic (exact) mass is 252 g/mol. The van der Waals surface area contributed by atoms with E-state index in [2.05, 4.69) is 25.3 Å². The normalized spacial score (nSPS) is 21.8. The fourth-order valence-electron chi connectivity index (χ4n) is 2.58. The van der Waals surface area contributed by atoms with E-state index in [0.717, 1.165) is 17.6 Å². The summed E-state index contributed by atoms with van der Waals surface area (Å²) in [5.74, 6) is 0. The van der Waals surface area contributed by atoms with Gasteiger partial charge in [-0.3, -0.25) is 0 Å². The van der Waals surface area contributed by atoms with Crippen LogP contribution in [-0.2, 0) is 6.42 Å². The van der Waals surface area contributed by atoms with E-state index in [4.69, 9.17) is 0 Å². The lowest BCUT2D eigenvalue weighted by Crippen LogP contribution is -2.30. The lowest BCUT2D eigenvalue weighted by atomic mass is 9.78. The second-order valence-electron chi connectivity index (χ2n) is 4.89. The molecule has 0 bridgehead atoms. The molecule has 0 aromatic heterocycles. The molecule has 0 aliphatic heterocycles. The molecule has 1 N–H and O–H groups in total. The van der Waals surface area contributed by atoms with E-state index >= 15 is 0 Å². The predicted octanol–water partition coefficient (Wildman–Crippen LogP) is 4.07. The zero-order valence-electron chi connectivity index (χ0n) is 11.2. The molecule has 1 aliphatic carbocycles. The lowest BCUT2D eigenvalue weighted by molar-refractivity contribution is 0.107.